The van der Waals surface area contributed by atoms with Gasteiger partial charge >= 0.3 is 0 Å². The SMILES string of the molecule is [B]SOC(C)c1cnc(C)nc1N. The van der Waals surface area contributed by atoms with Crippen molar-refractivity contribution in [3.63, 3.8) is 0 Å². The second-order valence-corrected chi connectivity index (χ2v) is 2.98. The molecule has 4 nitrogen and oxygen atoms in total. The van der Waals surface area contributed by atoms with E-state index in [1.54, 1.807) is 13.1 Å². The van der Waals surface area contributed by atoms with Crippen LogP contribution in [0.25, 0.3) is 0 Å². The van der Waals surface area contributed by atoms with Gasteiger partial charge in [0.05, 0.1) is 6.10 Å². The summed E-state index contributed by atoms with van der Waals surface area (Å²) in [6, 6.07) is 0. The van der Waals surface area contributed by atoms with E-state index in [1.807, 2.05) is 6.92 Å². The van der Waals surface area contributed by atoms with Crippen molar-refractivity contribution in [2.45, 2.75) is 20.0 Å². The molecule has 0 bridgehead atoms. The molecule has 1 unspecified atom stereocenters. The number of hydrogen-bond donors (Lipinski definition) is 1. The summed E-state index contributed by atoms with van der Waals surface area (Å²) in [7, 11) is 5.16. The molecule has 0 aliphatic heterocycles. The normalized spacial score (nSPS) is 12.8. The molecule has 13 heavy (non-hydrogen) atoms. The highest BCUT2D eigenvalue weighted by molar-refractivity contribution is 8.15. The van der Waals surface area contributed by atoms with Gasteiger partial charge in [0.25, 0.3) is 0 Å². The predicted molar refractivity (Wildman–Crippen MR) is 54.0 cm³/mol. The second-order valence-electron chi connectivity index (χ2n) is 2.59. The molecule has 0 saturated carbocycles. The molecule has 6 heteroatoms. The number of nitrogens with two attached hydrogens (primary N) is 1. The number of rotatable bonds is 3. The molecular weight excluding hydrogens is 185 g/mol. The van der Waals surface area contributed by atoms with Crippen molar-refractivity contribution in [1.29, 1.82) is 0 Å². The van der Waals surface area contributed by atoms with Crippen LogP contribution in [0.15, 0.2) is 6.20 Å². The molecule has 1 rings (SSSR count). The summed E-state index contributed by atoms with van der Waals surface area (Å²) < 4.78 is 5.08. The van der Waals surface area contributed by atoms with Gasteiger partial charge in [-0.25, -0.2) is 9.97 Å². The standard InChI is InChI=1S/C7H10BN3OS/c1-4(12-13-8)6-3-10-5(2)11-7(6)9/h3-4H,1-2H3,(H2,9,10,11). The van der Waals surface area contributed by atoms with E-state index in [0.29, 0.717) is 11.6 Å². The lowest BCUT2D eigenvalue weighted by molar-refractivity contribution is 0.276. The Hall–Kier alpha value is -0.745. The van der Waals surface area contributed by atoms with Crippen LogP contribution in [0.4, 0.5) is 5.82 Å². The van der Waals surface area contributed by atoms with Crippen LogP contribution < -0.4 is 5.73 Å². The monoisotopic (exact) mass is 195 g/mol. The van der Waals surface area contributed by atoms with Crippen LogP contribution in [0.3, 0.4) is 0 Å². The van der Waals surface area contributed by atoms with Gasteiger partial charge in [-0.05, 0) is 13.8 Å². The van der Waals surface area contributed by atoms with Crippen LogP contribution in [-0.2, 0) is 4.18 Å². The van der Waals surface area contributed by atoms with Crippen molar-refractivity contribution < 1.29 is 4.18 Å². The molecule has 68 valence electrons. The lowest BCUT2D eigenvalue weighted by Crippen LogP contribution is -2.05. The zero-order chi connectivity index (χ0) is 9.84. The fraction of sp³-hybridized carbons (Fsp3) is 0.429. The predicted octanol–water partition coefficient (Wildman–Crippen LogP) is 1.18. The lowest BCUT2D eigenvalue weighted by Gasteiger charge is -2.12. The number of hydrogen-bond acceptors (Lipinski definition) is 5. The zero-order valence-electron chi connectivity index (χ0n) is 7.52. The highest BCUT2D eigenvalue weighted by Gasteiger charge is 2.10. The highest BCUT2D eigenvalue weighted by atomic mass is 32.2. The molecule has 0 aromatic carbocycles. The van der Waals surface area contributed by atoms with E-state index in [4.69, 9.17) is 17.0 Å². The third kappa shape index (κ3) is 2.60. The Kier molecular flexibility index (Phi) is 3.56. The molecule has 0 spiro atoms. The second kappa shape index (κ2) is 4.48. The summed E-state index contributed by atoms with van der Waals surface area (Å²) in [6.45, 7) is 3.62. The largest absolute Gasteiger partial charge is 0.383 e. The van der Waals surface area contributed by atoms with Crippen molar-refractivity contribution in [2.24, 2.45) is 0 Å². The molecule has 0 saturated heterocycles. The van der Waals surface area contributed by atoms with Gasteiger partial charge in [-0.3, -0.25) is 0 Å². The fourth-order valence-electron chi connectivity index (χ4n) is 0.945. The molecule has 0 fully saturated rings. The van der Waals surface area contributed by atoms with Crippen LogP contribution in [0.2, 0.25) is 0 Å². The molecule has 1 aromatic rings. The summed E-state index contributed by atoms with van der Waals surface area (Å²) in [5.74, 6) is 1.09. The molecule has 1 atom stereocenters. The van der Waals surface area contributed by atoms with E-state index < -0.39 is 0 Å². The zero-order valence-corrected chi connectivity index (χ0v) is 8.34. The van der Waals surface area contributed by atoms with E-state index >= 15 is 0 Å². The third-order valence-electron chi connectivity index (χ3n) is 1.61. The van der Waals surface area contributed by atoms with E-state index in [-0.39, 0.29) is 6.10 Å². The maximum atomic E-state index is 5.67. The molecule has 1 aromatic heterocycles. The molecule has 0 amide bonds. The summed E-state index contributed by atoms with van der Waals surface area (Å²) in [5, 5.41) is 0. The van der Waals surface area contributed by atoms with Gasteiger partial charge in [0, 0.05) is 11.8 Å². The first-order valence-electron chi connectivity index (χ1n) is 3.76. The maximum Gasteiger partial charge on any atom is 0.203 e. The van der Waals surface area contributed by atoms with Crippen LogP contribution in [0.5, 0.6) is 0 Å². The van der Waals surface area contributed by atoms with E-state index in [9.17, 15) is 0 Å². The molecule has 0 aliphatic carbocycles. The minimum atomic E-state index is -0.199. The average molecular weight is 195 g/mol. The van der Waals surface area contributed by atoms with Crippen LogP contribution >= 0.6 is 11.9 Å². The molecule has 2 radical (unpaired) electrons. The summed E-state index contributed by atoms with van der Waals surface area (Å²) in [4.78, 5) is 8.04. The van der Waals surface area contributed by atoms with Crippen molar-refractivity contribution in [3.05, 3.63) is 17.6 Å². The number of nitrogen functional groups attached to an aromatic ring is 1. The van der Waals surface area contributed by atoms with Gasteiger partial charge in [0.1, 0.15) is 11.6 Å². The Balaban J connectivity index is 2.88. The first-order valence-corrected chi connectivity index (χ1v) is 4.57. The van der Waals surface area contributed by atoms with Gasteiger partial charge < -0.3 is 9.92 Å². The minimum Gasteiger partial charge on any atom is -0.383 e. The van der Waals surface area contributed by atoms with Gasteiger partial charge in [-0.1, -0.05) is 11.9 Å². The quantitative estimate of drug-likeness (QED) is 0.579. The van der Waals surface area contributed by atoms with Crippen molar-refractivity contribution in [2.75, 3.05) is 5.73 Å². The Labute approximate surface area is 82.8 Å². The Morgan fingerprint density at radius 1 is 1.69 bits per heavy atom. The van der Waals surface area contributed by atoms with Crippen LogP contribution in [0, 0.1) is 6.92 Å². The topological polar surface area (TPSA) is 61.0 Å². The average Bonchev–Trinajstić information content (AvgIpc) is 2.04. The highest BCUT2D eigenvalue weighted by Crippen LogP contribution is 2.23. The molecule has 1 heterocycles. The Morgan fingerprint density at radius 3 is 2.92 bits per heavy atom. The summed E-state index contributed by atoms with van der Waals surface area (Å²) in [6.07, 6.45) is 1.45. The maximum absolute atomic E-state index is 5.67. The van der Waals surface area contributed by atoms with Crippen LogP contribution in [0.1, 0.15) is 24.4 Å². The first-order chi connectivity index (χ1) is 6.15. The molecular formula is C7H10BN3OS. The van der Waals surface area contributed by atoms with Gasteiger partial charge in [0.2, 0.25) is 7.12 Å². The van der Waals surface area contributed by atoms with Crippen molar-refractivity contribution in [3.8, 4) is 0 Å². The molecule has 0 aliphatic rings. The Bertz CT molecular complexity index is 297. The fourth-order valence-corrected chi connectivity index (χ4v) is 1.22. The van der Waals surface area contributed by atoms with Crippen molar-refractivity contribution >= 4 is 24.8 Å². The molecule has 2 N–H and O–H groups in total. The first kappa shape index (κ1) is 10.3. The van der Waals surface area contributed by atoms with Crippen molar-refractivity contribution in [1.82, 2.24) is 9.97 Å². The van der Waals surface area contributed by atoms with Gasteiger partial charge in [0.15, 0.2) is 0 Å². The number of aryl methyl sites for hydroxylation is 1. The summed E-state index contributed by atoms with van der Waals surface area (Å²) >= 11 is 0.806. The number of aromatic nitrogens is 2. The van der Waals surface area contributed by atoms with Crippen LogP contribution in [-0.4, -0.2) is 17.1 Å². The van der Waals surface area contributed by atoms with E-state index in [1.165, 1.54) is 0 Å². The summed E-state index contributed by atoms with van der Waals surface area (Å²) in [5.41, 5.74) is 6.42. The lowest BCUT2D eigenvalue weighted by atomic mass is 10.2. The minimum absolute atomic E-state index is 0.199. The smallest absolute Gasteiger partial charge is 0.203 e. The third-order valence-corrected chi connectivity index (χ3v) is 2.01. The number of nitrogens with zero attached hydrogens (tertiary/aromatic N) is 2. The van der Waals surface area contributed by atoms with Gasteiger partial charge in [-0.15, -0.1) is 0 Å². The Morgan fingerprint density at radius 2 is 2.38 bits per heavy atom. The van der Waals surface area contributed by atoms with Gasteiger partial charge in [-0.2, -0.15) is 0 Å². The van der Waals surface area contributed by atoms with E-state index in [2.05, 4.69) is 9.97 Å². The number of anilines is 1. The van der Waals surface area contributed by atoms with E-state index in [0.717, 1.165) is 17.5 Å².